The lowest BCUT2D eigenvalue weighted by molar-refractivity contribution is 0.622. The van der Waals surface area contributed by atoms with Crippen LogP contribution in [0.1, 0.15) is 31.9 Å². The van der Waals surface area contributed by atoms with Gasteiger partial charge in [0.05, 0.1) is 10.3 Å². The molecule has 0 amide bonds. The molecule has 0 spiro atoms. The Labute approximate surface area is 103 Å². The van der Waals surface area contributed by atoms with Crippen LogP contribution < -0.4 is 0 Å². The smallest absolute Gasteiger partial charge is 0.149 e. The molecule has 0 unspecified atom stereocenters. The normalized spacial score (nSPS) is 13.6. The van der Waals surface area contributed by atoms with Crippen molar-refractivity contribution in [3.05, 3.63) is 35.1 Å². The van der Waals surface area contributed by atoms with Crippen LogP contribution in [0, 0.1) is 17.1 Å². The average molecular weight is 252 g/mol. The minimum atomic E-state index is -1.43. The number of hydrogen-bond donors (Lipinski definition) is 0. The van der Waals surface area contributed by atoms with Crippen molar-refractivity contribution >= 4 is 17.2 Å². The summed E-state index contributed by atoms with van der Waals surface area (Å²) in [6.45, 7) is 5.34. The zero-order valence-electron chi connectivity index (χ0n) is 9.90. The molecule has 0 saturated carbocycles. The van der Waals surface area contributed by atoms with E-state index in [9.17, 15) is 8.60 Å². The summed E-state index contributed by atoms with van der Waals surface area (Å²) >= 11 is 0. The molecule has 0 N–H and O–H groups in total. The number of benzene rings is 1. The highest BCUT2D eigenvalue weighted by atomic mass is 32.2. The van der Waals surface area contributed by atoms with Crippen molar-refractivity contribution in [1.82, 2.24) is 0 Å². The third-order valence-electron chi connectivity index (χ3n) is 1.96. The van der Waals surface area contributed by atoms with Crippen LogP contribution in [-0.2, 0) is 11.0 Å². The van der Waals surface area contributed by atoms with Crippen LogP contribution in [0.5, 0.6) is 0 Å². The van der Waals surface area contributed by atoms with Gasteiger partial charge in [-0.1, -0.05) is 12.1 Å². The molecule has 0 aliphatic heterocycles. The molecule has 3 nitrogen and oxygen atoms in total. The molecule has 17 heavy (non-hydrogen) atoms. The Morgan fingerprint density at radius 2 is 2.12 bits per heavy atom. The van der Waals surface area contributed by atoms with Crippen LogP contribution in [0.15, 0.2) is 22.6 Å². The van der Waals surface area contributed by atoms with Gasteiger partial charge in [-0.3, -0.25) is 0 Å². The number of rotatable bonds is 2. The maximum Gasteiger partial charge on any atom is 0.149 e. The standard InChI is InChI=1S/C12H13FN2OS/c1-12(2,3)17(16)15-8-10-6-4-5-9(7-14)11(10)13/h4-6,8H,1-3H3/t17-/m0/s1. The maximum absolute atomic E-state index is 13.6. The Bertz CT molecular complexity index is 512. The highest BCUT2D eigenvalue weighted by molar-refractivity contribution is 7.85. The number of halogens is 1. The Hall–Kier alpha value is -1.54. The summed E-state index contributed by atoms with van der Waals surface area (Å²) in [5.41, 5.74) is 0.122. The summed E-state index contributed by atoms with van der Waals surface area (Å²) in [5, 5.41) is 8.66. The van der Waals surface area contributed by atoms with Gasteiger partial charge in [0.2, 0.25) is 0 Å². The molecule has 1 aromatic rings. The average Bonchev–Trinajstić information content (AvgIpc) is 2.26. The quantitative estimate of drug-likeness (QED) is 0.760. The van der Waals surface area contributed by atoms with E-state index in [1.54, 1.807) is 32.9 Å². The zero-order chi connectivity index (χ0) is 13.1. The van der Waals surface area contributed by atoms with E-state index in [4.69, 9.17) is 5.26 Å². The van der Waals surface area contributed by atoms with E-state index >= 15 is 0 Å². The summed E-state index contributed by atoms with van der Waals surface area (Å²) in [6, 6.07) is 6.17. The van der Waals surface area contributed by atoms with Crippen LogP contribution in [0.4, 0.5) is 4.39 Å². The molecule has 5 heteroatoms. The number of hydrogen-bond acceptors (Lipinski definition) is 2. The van der Waals surface area contributed by atoms with E-state index in [1.165, 1.54) is 18.3 Å². The molecule has 1 rings (SSSR count). The molecule has 0 bridgehead atoms. The maximum atomic E-state index is 13.6. The predicted molar refractivity (Wildman–Crippen MR) is 66.6 cm³/mol. The Balaban J connectivity index is 3.02. The molecule has 0 aliphatic rings. The third kappa shape index (κ3) is 3.46. The van der Waals surface area contributed by atoms with Crippen LogP contribution >= 0.6 is 0 Å². The van der Waals surface area contributed by atoms with Gasteiger partial charge in [-0.25, -0.2) is 8.60 Å². The van der Waals surface area contributed by atoms with E-state index in [0.717, 1.165) is 0 Å². The van der Waals surface area contributed by atoms with Gasteiger partial charge < -0.3 is 0 Å². The lowest BCUT2D eigenvalue weighted by atomic mass is 10.1. The lowest BCUT2D eigenvalue weighted by Crippen LogP contribution is -2.19. The van der Waals surface area contributed by atoms with E-state index in [0.29, 0.717) is 0 Å². The van der Waals surface area contributed by atoms with E-state index in [2.05, 4.69) is 4.40 Å². The van der Waals surface area contributed by atoms with Crippen molar-refractivity contribution in [1.29, 1.82) is 5.26 Å². The molecule has 1 atom stereocenters. The lowest BCUT2D eigenvalue weighted by Gasteiger charge is -2.12. The van der Waals surface area contributed by atoms with Gasteiger partial charge in [-0.05, 0) is 26.8 Å². The number of nitriles is 1. The summed E-state index contributed by atoms with van der Waals surface area (Å²) in [6.07, 6.45) is 1.21. The first-order valence-corrected chi connectivity index (χ1v) is 6.11. The fraction of sp³-hybridized carbons (Fsp3) is 0.333. The van der Waals surface area contributed by atoms with Gasteiger partial charge in [0.1, 0.15) is 22.9 Å². The summed E-state index contributed by atoms with van der Waals surface area (Å²) in [7, 11) is -1.43. The second-order valence-electron chi connectivity index (χ2n) is 4.42. The van der Waals surface area contributed by atoms with Crippen molar-refractivity contribution in [3.8, 4) is 6.07 Å². The SMILES string of the molecule is CC(C)(C)[S@](=O)N=Cc1cccc(C#N)c1F. The van der Waals surface area contributed by atoms with Crippen LogP contribution in [0.25, 0.3) is 0 Å². The highest BCUT2D eigenvalue weighted by Crippen LogP contribution is 2.14. The van der Waals surface area contributed by atoms with Gasteiger partial charge in [0, 0.05) is 11.8 Å². The molecule has 90 valence electrons. The monoisotopic (exact) mass is 252 g/mol. The second-order valence-corrected chi connectivity index (χ2v) is 6.35. The molecular weight excluding hydrogens is 239 g/mol. The van der Waals surface area contributed by atoms with Gasteiger partial charge in [-0.15, -0.1) is 0 Å². The molecule has 0 fully saturated rings. The predicted octanol–water partition coefficient (Wildman–Crippen LogP) is 2.58. The van der Waals surface area contributed by atoms with Crippen LogP contribution in [-0.4, -0.2) is 15.2 Å². The molecule has 0 aliphatic carbocycles. The minimum absolute atomic E-state index is 0.0458. The highest BCUT2D eigenvalue weighted by Gasteiger charge is 2.18. The summed E-state index contributed by atoms with van der Waals surface area (Å²) < 4.78 is 28.5. The minimum Gasteiger partial charge on any atom is -0.234 e. The van der Waals surface area contributed by atoms with Crippen LogP contribution in [0.3, 0.4) is 0 Å². The molecule has 0 radical (unpaired) electrons. The van der Waals surface area contributed by atoms with Gasteiger partial charge in [-0.2, -0.15) is 9.66 Å². The third-order valence-corrected chi connectivity index (χ3v) is 3.31. The first-order valence-electron chi connectivity index (χ1n) is 5.01. The first kappa shape index (κ1) is 13.5. The van der Waals surface area contributed by atoms with Crippen molar-refractivity contribution < 1.29 is 8.60 Å². The molecule has 0 heterocycles. The van der Waals surface area contributed by atoms with E-state index in [1.807, 2.05) is 0 Å². The first-order chi connectivity index (χ1) is 7.86. The number of nitrogens with zero attached hydrogens (tertiary/aromatic N) is 2. The summed E-state index contributed by atoms with van der Waals surface area (Å²) in [5.74, 6) is -0.635. The Morgan fingerprint density at radius 1 is 1.47 bits per heavy atom. The summed E-state index contributed by atoms with van der Waals surface area (Å²) in [4.78, 5) is 0. The van der Waals surface area contributed by atoms with Gasteiger partial charge >= 0.3 is 0 Å². The van der Waals surface area contributed by atoms with Crippen molar-refractivity contribution in [3.63, 3.8) is 0 Å². The Kier molecular flexibility index (Phi) is 4.13. The van der Waals surface area contributed by atoms with E-state index < -0.39 is 21.5 Å². The fourth-order valence-electron chi connectivity index (χ4n) is 0.999. The molecule has 1 aromatic carbocycles. The second kappa shape index (κ2) is 5.19. The largest absolute Gasteiger partial charge is 0.234 e. The zero-order valence-corrected chi connectivity index (χ0v) is 10.7. The molecule has 0 aromatic heterocycles. The molecular formula is C12H13FN2OS. The molecule has 0 saturated heterocycles. The van der Waals surface area contributed by atoms with E-state index in [-0.39, 0.29) is 11.1 Å². The van der Waals surface area contributed by atoms with Crippen LogP contribution in [0.2, 0.25) is 0 Å². The topological polar surface area (TPSA) is 53.2 Å². The Morgan fingerprint density at radius 3 is 2.65 bits per heavy atom. The van der Waals surface area contributed by atoms with Gasteiger partial charge in [0.15, 0.2) is 0 Å². The van der Waals surface area contributed by atoms with Crippen molar-refractivity contribution in [2.75, 3.05) is 0 Å². The fourth-order valence-corrected chi connectivity index (χ4v) is 1.52. The van der Waals surface area contributed by atoms with Crippen molar-refractivity contribution in [2.24, 2.45) is 4.40 Å². The van der Waals surface area contributed by atoms with Crippen molar-refractivity contribution in [2.45, 2.75) is 25.5 Å². The van der Waals surface area contributed by atoms with Gasteiger partial charge in [0.25, 0.3) is 0 Å².